The van der Waals surface area contributed by atoms with Crippen molar-refractivity contribution in [3.63, 3.8) is 0 Å². The summed E-state index contributed by atoms with van der Waals surface area (Å²) in [7, 11) is 0. The molecule has 0 N–H and O–H groups in total. The third kappa shape index (κ3) is 1.63. The summed E-state index contributed by atoms with van der Waals surface area (Å²) in [6.07, 6.45) is 0.614. The molecule has 0 spiro atoms. The fraction of sp³-hybridized carbons (Fsp3) is 0.154. The maximum atomic E-state index is 12.5. The van der Waals surface area contributed by atoms with Crippen LogP contribution in [0, 0.1) is 22.7 Å². The van der Waals surface area contributed by atoms with Crippen LogP contribution >= 0.6 is 0 Å². The van der Waals surface area contributed by atoms with E-state index in [1.807, 2.05) is 12.1 Å². The largest absolute Gasteiger partial charge is 0.336 e. The number of halogens is 1. The number of nitriles is 2. The van der Waals surface area contributed by atoms with Gasteiger partial charge in [0.1, 0.15) is 18.8 Å². The summed E-state index contributed by atoms with van der Waals surface area (Å²) in [5, 5.41) is 18.5. The van der Waals surface area contributed by atoms with Crippen molar-refractivity contribution in [1.82, 2.24) is 4.57 Å². The van der Waals surface area contributed by atoms with E-state index in [0.29, 0.717) is 22.9 Å². The fourth-order valence-corrected chi connectivity index (χ4v) is 2.00. The van der Waals surface area contributed by atoms with Gasteiger partial charge in [-0.2, -0.15) is 10.5 Å². The second kappa shape index (κ2) is 4.68. The quantitative estimate of drug-likeness (QED) is 0.773. The molecule has 0 aliphatic heterocycles. The van der Waals surface area contributed by atoms with Crippen LogP contribution in [0.15, 0.2) is 18.2 Å². The Morgan fingerprint density at radius 3 is 2.67 bits per heavy atom. The van der Waals surface area contributed by atoms with E-state index in [9.17, 15) is 9.18 Å². The number of carbonyl (C=O) groups excluding carboxylic acids is 1. The minimum atomic E-state index is -0.605. The molecule has 0 amide bonds. The molecule has 0 saturated heterocycles. The van der Waals surface area contributed by atoms with Gasteiger partial charge in [0.2, 0.25) is 0 Å². The number of aldehydes is 1. The van der Waals surface area contributed by atoms with E-state index in [1.54, 1.807) is 6.07 Å². The van der Waals surface area contributed by atoms with Gasteiger partial charge in [0.15, 0.2) is 6.29 Å². The highest BCUT2D eigenvalue weighted by Crippen LogP contribution is 2.25. The molecule has 0 saturated carbocycles. The first kappa shape index (κ1) is 11.8. The topological polar surface area (TPSA) is 69.6 Å². The first-order valence-electron chi connectivity index (χ1n) is 5.24. The molecule has 0 bridgehead atoms. The lowest BCUT2D eigenvalue weighted by Crippen LogP contribution is -2.03. The van der Waals surface area contributed by atoms with E-state index in [2.05, 4.69) is 0 Å². The van der Waals surface area contributed by atoms with E-state index >= 15 is 0 Å². The molecule has 5 heteroatoms. The molecule has 0 fully saturated rings. The maximum absolute atomic E-state index is 12.5. The zero-order valence-electron chi connectivity index (χ0n) is 9.35. The number of hydrogen-bond donors (Lipinski definition) is 0. The van der Waals surface area contributed by atoms with Crippen LogP contribution in [0.4, 0.5) is 4.39 Å². The van der Waals surface area contributed by atoms with Crippen molar-refractivity contribution < 1.29 is 9.18 Å². The Morgan fingerprint density at radius 2 is 2.11 bits per heavy atom. The predicted octanol–water partition coefficient (Wildman–Crippen LogP) is 2.17. The van der Waals surface area contributed by atoms with Crippen molar-refractivity contribution in [3.8, 4) is 12.1 Å². The fourth-order valence-electron chi connectivity index (χ4n) is 2.00. The Kier molecular flexibility index (Phi) is 3.07. The predicted molar refractivity (Wildman–Crippen MR) is 62.7 cm³/mol. The lowest BCUT2D eigenvalue weighted by Gasteiger charge is -2.04. The summed E-state index contributed by atoms with van der Waals surface area (Å²) in [5.41, 5.74) is 1.36. The number of hydrogen-bond acceptors (Lipinski definition) is 3. The minimum Gasteiger partial charge on any atom is -0.336 e. The standard InChI is InChI=1S/C13H8FN3O/c14-3-4-17-10(8-18)5-11-12(7-16)9(6-15)1-2-13(11)17/h1-2,5,8H,3-4H2. The van der Waals surface area contributed by atoms with Crippen molar-refractivity contribution in [2.45, 2.75) is 6.54 Å². The van der Waals surface area contributed by atoms with E-state index in [0.717, 1.165) is 0 Å². The van der Waals surface area contributed by atoms with Crippen LogP contribution in [0.3, 0.4) is 0 Å². The van der Waals surface area contributed by atoms with E-state index in [4.69, 9.17) is 10.5 Å². The molecule has 0 radical (unpaired) electrons. The average Bonchev–Trinajstić information content (AvgIpc) is 2.76. The second-order valence-corrected chi connectivity index (χ2v) is 3.67. The average molecular weight is 241 g/mol. The van der Waals surface area contributed by atoms with E-state index in [1.165, 1.54) is 16.7 Å². The molecular weight excluding hydrogens is 233 g/mol. The lowest BCUT2D eigenvalue weighted by atomic mass is 10.1. The van der Waals surface area contributed by atoms with Crippen molar-refractivity contribution in [2.24, 2.45) is 0 Å². The van der Waals surface area contributed by atoms with Crippen LogP contribution in [0.2, 0.25) is 0 Å². The van der Waals surface area contributed by atoms with Gasteiger partial charge < -0.3 is 4.57 Å². The van der Waals surface area contributed by atoms with Gasteiger partial charge in [-0.25, -0.2) is 4.39 Å². The zero-order valence-corrected chi connectivity index (χ0v) is 9.35. The molecule has 88 valence electrons. The Balaban J connectivity index is 2.85. The molecule has 0 aliphatic carbocycles. The van der Waals surface area contributed by atoms with Gasteiger partial charge in [0, 0.05) is 5.39 Å². The number of fused-ring (bicyclic) bond motifs is 1. The van der Waals surface area contributed by atoms with Crippen molar-refractivity contribution >= 4 is 17.2 Å². The van der Waals surface area contributed by atoms with Crippen LogP contribution in [0.1, 0.15) is 21.6 Å². The third-order valence-corrected chi connectivity index (χ3v) is 2.78. The maximum Gasteiger partial charge on any atom is 0.166 e. The summed E-state index contributed by atoms with van der Waals surface area (Å²) in [6.45, 7) is -0.555. The minimum absolute atomic E-state index is 0.0499. The molecule has 2 rings (SSSR count). The Bertz CT molecular complexity index is 704. The number of benzene rings is 1. The first-order valence-corrected chi connectivity index (χ1v) is 5.24. The molecular formula is C13H8FN3O. The number of carbonyl (C=O) groups is 1. The number of nitrogens with zero attached hydrogens (tertiary/aromatic N) is 3. The van der Waals surface area contributed by atoms with Crippen LogP contribution in [0.5, 0.6) is 0 Å². The number of alkyl halides is 1. The van der Waals surface area contributed by atoms with Gasteiger partial charge in [0.25, 0.3) is 0 Å². The normalized spacial score (nSPS) is 9.94. The number of aromatic nitrogens is 1. The third-order valence-electron chi connectivity index (χ3n) is 2.78. The van der Waals surface area contributed by atoms with Crippen LogP contribution in [0.25, 0.3) is 10.9 Å². The Labute approximate surface area is 102 Å². The summed E-state index contributed by atoms with van der Waals surface area (Å²) in [5.74, 6) is 0. The highest BCUT2D eigenvalue weighted by Gasteiger charge is 2.14. The smallest absolute Gasteiger partial charge is 0.166 e. The van der Waals surface area contributed by atoms with Crippen LogP contribution in [-0.2, 0) is 6.54 Å². The summed E-state index contributed by atoms with van der Waals surface area (Å²) in [4.78, 5) is 10.9. The van der Waals surface area contributed by atoms with Gasteiger partial charge >= 0.3 is 0 Å². The molecule has 1 aromatic carbocycles. The molecule has 2 aromatic rings. The molecule has 1 aromatic heterocycles. The SMILES string of the molecule is N#Cc1ccc2c(cc(C=O)n2CCF)c1C#N. The highest BCUT2D eigenvalue weighted by atomic mass is 19.1. The monoisotopic (exact) mass is 241 g/mol. The van der Waals surface area contributed by atoms with Crippen molar-refractivity contribution in [2.75, 3.05) is 6.67 Å². The summed E-state index contributed by atoms with van der Waals surface area (Å²) < 4.78 is 14.0. The summed E-state index contributed by atoms with van der Waals surface area (Å²) in [6, 6.07) is 8.51. The van der Waals surface area contributed by atoms with Gasteiger partial charge in [0.05, 0.1) is 28.9 Å². The first-order chi connectivity index (χ1) is 8.76. The van der Waals surface area contributed by atoms with Crippen LogP contribution in [-0.4, -0.2) is 17.5 Å². The number of aryl methyl sites for hydroxylation is 1. The number of rotatable bonds is 3. The van der Waals surface area contributed by atoms with Gasteiger partial charge in [-0.1, -0.05) is 0 Å². The Hall–Kier alpha value is -2.66. The van der Waals surface area contributed by atoms with Crippen molar-refractivity contribution in [3.05, 3.63) is 35.0 Å². The van der Waals surface area contributed by atoms with E-state index < -0.39 is 6.67 Å². The van der Waals surface area contributed by atoms with Crippen molar-refractivity contribution in [1.29, 1.82) is 10.5 Å². The molecule has 0 aliphatic rings. The molecule has 1 heterocycles. The Morgan fingerprint density at radius 1 is 1.33 bits per heavy atom. The summed E-state index contributed by atoms with van der Waals surface area (Å²) >= 11 is 0. The lowest BCUT2D eigenvalue weighted by molar-refractivity contribution is 0.111. The highest BCUT2D eigenvalue weighted by molar-refractivity contribution is 5.94. The molecule has 0 unspecified atom stereocenters. The van der Waals surface area contributed by atoms with Crippen LogP contribution < -0.4 is 0 Å². The van der Waals surface area contributed by atoms with E-state index in [-0.39, 0.29) is 17.7 Å². The van der Waals surface area contributed by atoms with Gasteiger partial charge in [-0.05, 0) is 18.2 Å². The second-order valence-electron chi connectivity index (χ2n) is 3.67. The van der Waals surface area contributed by atoms with Gasteiger partial charge in [-0.15, -0.1) is 0 Å². The van der Waals surface area contributed by atoms with Gasteiger partial charge in [-0.3, -0.25) is 4.79 Å². The molecule has 4 nitrogen and oxygen atoms in total. The molecule has 18 heavy (non-hydrogen) atoms. The molecule has 0 atom stereocenters. The zero-order chi connectivity index (χ0) is 13.1.